The first-order valence-electron chi connectivity index (χ1n) is 14.4. The molecule has 44 heavy (non-hydrogen) atoms. The molecule has 0 radical (unpaired) electrons. The Labute approximate surface area is 262 Å². The van der Waals surface area contributed by atoms with Crippen molar-refractivity contribution in [2.24, 2.45) is 0 Å². The normalized spacial score (nSPS) is 12.8. The van der Waals surface area contributed by atoms with E-state index in [1.807, 2.05) is 66.7 Å². The van der Waals surface area contributed by atoms with Crippen molar-refractivity contribution in [3.8, 4) is 5.75 Å². The molecule has 3 amide bonds. The fourth-order valence-corrected chi connectivity index (χ4v) is 4.73. The van der Waals surface area contributed by atoms with Crippen molar-refractivity contribution >= 4 is 29.3 Å². The van der Waals surface area contributed by atoms with Crippen molar-refractivity contribution in [3.63, 3.8) is 0 Å². The van der Waals surface area contributed by atoms with Gasteiger partial charge in [0.05, 0.1) is 6.10 Å². The molecule has 4 rings (SSSR count). The highest BCUT2D eigenvalue weighted by Crippen LogP contribution is 2.15. The van der Waals surface area contributed by atoms with Gasteiger partial charge in [-0.2, -0.15) is 0 Å². The Morgan fingerprint density at radius 2 is 1.41 bits per heavy atom. The van der Waals surface area contributed by atoms with Crippen molar-refractivity contribution in [1.82, 2.24) is 16.0 Å². The van der Waals surface area contributed by atoms with E-state index in [0.717, 1.165) is 16.7 Å². The molecular weight excluding hydrogens is 578 g/mol. The number of carbonyl (C=O) groups excluding carboxylic acids is 3. The zero-order valence-electron chi connectivity index (χ0n) is 24.4. The number of carbonyl (C=O) groups is 3. The van der Waals surface area contributed by atoms with Gasteiger partial charge in [0.15, 0.2) is 0 Å². The first kappa shape index (κ1) is 32.3. The van der Waals surface area contributed by atoms with Crippen molar-refractivity contribution in [2.45, 2.75) is 51.1 Å². The average Bonchev–Trinajstić information content (AvgIpc) is 3.04. The molecule has 228 valence electrons. The number of ether oxygens (including phenoxy) is 1. The van der Waals surface area contributed by atoms with Crippen LogP contribution in [0.4, 0.5) is 0 Å². The van der Waals surface area contributed by atoms with E-state index in [9.17, 15) is 19.5 Å². The highest BCUT2D eigenvalue weighted by molar-refractivity contribution is 6.30. The number of hydrogen-bond donors (Lipinski definition) is 4. The Bertz CT molecular complexity index is 1510. The molecule has 0 spiro atoms. The largest absolute Gasteiger partial charge is 0.489 e. The number of rotatable bonds is 14. The lowest BCUT2D eigenvalue weighted by Gasteiger charge is -2.25. The van der Waals surface area contributed by atoms with Crippen LogP contribution in [-0.4, -0.2) is 41.0 Å². The zero-order chi connectivity index (χ0) is 31.3. The minimum Gasteiger partial charge on any atom is -0.489 e. The fourth-order valence-electron chi connectivity index (χ4n) is 4.52. The molecule has 9 heteroatoms. The van der Waals surface area contributed by atoms with Crippen LogP contribution in [0.25, 0.3) is 0 Å². The zero-order valence-corrected chi connectivity index (χ0v) is 25.2. The van der Waals surface area contributed by atoms with Gasteiger partial charge in [0, 0.05) is 17.1 Å². The maximum atomic E-state index is 13.4. The first-order valence-corrected chi connectivity index (χ1v) is 14.8. The molecule has 0 aliphatic rings. The lowest BCUT2D eigenvalue weighted by Crippen LogP contribution is -2.57. The van der Waals surface area contributed by atoms with Gasteiger partial charge in [-0.15, -0.1) is 0 Å². The number of aliphatic hydroxyl groups is 1. The number of hydrogen-bond acceptors (Lipinski definition) is 5. The highest BCUT2D eigenvalue weighted by Gasteiger charge is 2.30. The molecule has 0 aliphatic carbocycles. The molecule has 4 N–H and O–H groups in total. The SMILES string of the molecule is C[C@@H](O)[C@H](NC(=O)c1ccc(OCc2ccccc2)cc1)C(=O)N[C@@H](CCc1ccccc1)C(=O)NCc1cccc(Cl)c1. The summed E-state index contributed by atoms with van der Waals surface area (Å²) in [5.41, 5.74) is 3.12. The van der Waals surface area contributed by atoms with Crippen molar-refractivity contribution in [3.05, 3.63) is 136 Å². The van der Waals surface area contributed by atoms with Gasteiger partial charge in [-0.05, 0) is 72.9 Å². The van der Waals surface area contributed by atoms with E-state index in [-0.39, 0.29) is 12.1 Å². The van der Waals surface area contributed by atoms with Crippen LogP contribution in [0.1, 0.15) is 40.4 Å². The third-order valence-corrected chi connectivity index (χ3v) is 7.20. The van der Waals surface area contributed by atoms with Crippen LogP contribution in [-0.2, 0) is 29.2 Å². The topological polar surface area (TPSA) is 117 Å². The van der Waals surface area contributed by atoms with Gasteiger partial charge in [0.1, 0.15) is 24.4 Å². The second-order valence-electron chi connectivity index (χ2n) is 10.4. The number of benzene rings is 4. The van der Waals surface area contributed by atoms with E-state index in [0.29, 0.717) is 30.2 Å². The van der Waals surface area contributed by atoms with Crippen LogP contribution < -0.4 is 20.7 Å². The van der Waals surface area contributed by atoms with Gasteiger partial charge < -0.3 is 25.8 Å². The highest BCUT2D eigenvalue weighted by atomic mass is 35.5. The van der Waals surface area contributed by atoms with E-state index in [1.54, 1.807) is 42.5 Å². The summed E-state index contributed by atoms with van der Waals surface area (Å²) in [5, 5.41) is 19.2. The Morgan fingerprint density at radius 3 is 2.05 bits per heavy atom. The van der Waals surface area contributed by atoms with Crippen LogP contribution in [0, 0.1) is 0 Å². The standard InChI is InChI=1S/C35H36ClN3O5/c1-24(40)32(39-33(41)28-16-18-30(19-17-28)44-23-26-11-6-3-7-12-26)35(43)38-31(20-15-25-9-4-2-5-10-25)34(42)37-22-27-13-8-14-29(36)21-27/h2-14,16-19,21,24,31-32,40H,15,20,22-23H2,1H3,(H,37,42)(H,38,43)(H,39,41)/t24-,31+,32+/m1/s1. The molecular formula is C35H36ClN3O5. The molecule has 4 aromatic rings. The third kappa shape index (κ3) is 9.97. The van der Waals surface area contributed by atoms with Crippen molar-refractivity contribution < 1.29 is 24.2 Å². The van der Waals surface area contributed by atoms with E-state index >= 15 is 0 Å². The molecule has 0 aliphatic heterocycles. The van der Waals surface area contributed by atoms with Crippen LogP contribution >= 0.6 is 11.6 Å². The second kappa shape index (κ2) is 16.3. The number of nitrogens with one attached hydrogen (secondary N) is 3. The van der Waals surface area contributed by atoms with Crippen LogP contribution in [0.3, 0.4) is 0 Å². The Morgan fingerprint density at radius 1 is 0.773 bits per heavy atom. The van der Waals surface area contributed by atoms with Gasteiger partial charge >= 0.3 is 0 Å². The van der Waals surface area contributed by atoms with Gasteiger partial charge in [-0.3, -0.25) is 14.4 Å². The molecule has 3 atom stereocenters. The van der Waals surface area contributed by atoms with Crippen molar-refractivity contribution in [1.29, 1.82) is 0 Å². The molecule has 0 saturated carbocycles. The minimum absolute atomic E-state index is 0.221. The van der Waals surface area contributed by atoms with Crippen LogP contribution in [0.5, 0.6) is 5.75 Å². The van der Waals surface area contributed by atoms with Gasteiger partial charge in [-0.25, -0.2) is 0 Å². The summed E-state index contributed by atoms with van der Waals surface area (Å²) in [5.74, 6) is -1.03. The summed E-state index contributed by atoms with van der Waals surface area (Å²) < 4.78 is 5.78. The second-order valence-corrected chi connectivity index (χ2v) is 10.9. The predicted octanol–water partition coefficient (Wildman–Crippen LogP) is 4.83. The number of halogens is 1. The van der Waals surface area contributed by atoms with Gasteiger partial charge in [-0.1, -0.05) is 84.4 Å². The summed E-state index contributed by atoms with van der Waals surface area (Å²) in [6.45, 7) is 2.01. The predicted molar refractivity (Wildman–Crippen MR) is 170 cm³/mol. The lowest BCUT2D eigenvalue weighted by atomic mass is 10.0. The van der Waals surface area contributed by atoms with E-state index < -0.39 is 35.9 Å². The van der Waals surface area contributed by atoms with Crippen LogP contribution in [0.15, 0.2) is 109 Å². The summed E-state index contributed by atoms with van der Waals surface area (Å²) in [6, 6.07) is 30.7. The first-order chi connectivity index (χ1) is 21.3. The third-order valence-electron chi connectivity index (χ3n) is 6.97. The fraction of sp³-hybridized carbons (Fsp3) is 0.229. The Kier molecular flexibility index (Phi) is 11.9. The average molecular weight is 614 g/mol. The molecule has 0 fully saturated rings. The van der Waals surface area contributed by atoms with Crippen LogP contribution in [0.2, 0.25) is 5.02 Å². The molecule has 0 heterocycles. The summed E-state index contributed by atoms with van der Waals surface area (Å²) in [6.07, 6.45) is -0.389. The summed E-state index contributed by atoms with van der Waals surface area (Å²) in [4.78, 5) is 39.7. The quantitative estimate of drug-likeness (QED) is 0.163. The molecule has 0 aromatic heterocycles. The van der Waals surface area contributed by atoms with E-state index in [1.165, 1.54) is 6.92 Å². The molecule has 0 saturated heterocycles. The summed E-state index contributed by atoms with van der Waals surface area (Å²) >= 11 is 6.07. The summed E-state index contributed by atoms with van der Waals surface area (Å²) in [7, 11) is 0. The molecule has 8 nitrogen and oxygen atoms in total. The minimum atomic E-state index is -1.29. The number of aryl methyl sites for hydroxylation is 1. The number of aliphatic hydroxyl groups excluding tert-OH is 1. The Balaban J connectivity index is 1.39. The van der Waals surface area contributed by atoms with E-state index in [4.69, 9.17) is 16.3 Å². The Hall–Kier alpha value is -4.66. The maximum Gasteiger partial charge on any atom is 0.252 e. The monoisotopic (exact) mass is 613 g/mol. The lowest BCUT2D eigenvalue weighted by molar-refractivity contribution is -0.131. The molecule has 4 aromatic carbocycles. The van der Waals surface area contributed by atoms with Gasteiger partial charge in [0.2, 0.25) is 11.8 Å². The van der Waals surface area contributed by atoms with E-state index in [2.05, 4.69) is 16.0 Å². The molecule has 0 bridgehead atoms. The smallest absolute Gasteiger partial charge is 0.252 e. The van der Waals surface area contributed by atoms with Crippen molar-refractivity contribution in [2.75, 3.05) is 0 Å². The maximum absolute atomic E-state index is 13.4. The molecule has 0 unspecified atom stereocenters. The number of amides is 3. The van der Waals surface area contributed by atoms with Gasteiger partial charge in [0.25, 0.3) is 5.91 Å².